The highest BCUT2D eigenvalue weighted by atomic mass is 16.3. The summed E-state index contributed by atoms with van der Waals surface area (Å²) in [6, 6.07) is 0. The largest absolute Gasteiger partial charge is 0.396 e. The van der Waals surface area contributed by atoms with Crippen molar-refractivity contribution in [2.75, 3.05) is 25.4 Å². The van der Waals surface area contributed by atoms with Gasteiger partial charge in [-0.2, -0.15) is 5.10 Å². The maximum Gasteiger partial charge on any atom is 0.0862 e. The quantitative estimate of drug-likeness (QED) is 0.858. The Kier molecular flexibility index (Phi) is 4.47. The molecule has 5 heteroatoms. The number of hydrogen-bond donors (Lipinski definition) is 2. The molecule has 0 saturated carbocycles. The fraction of sp³-hybridized carbons (Fsp3) is 0.786. The molecular formula is C14H26N4O. The average molecular weight is 266 g/mol. The van der Waals surface area contributed by atoms with Gasteiger partial charge in [0.05, 0.1) is 29.7 Å². The number of rotatable bonds is 4. The summed E-state index contributed by atoms with van der Waals surface area (Å²) in [5.74, 6) is 0.741. The van der Waals surface area contributed by atoms with Crippen molar-refractivity contribution < 1.29 is 5.11 Å². The number of aliphatic hydroxyl groups excluding tert-OH is 1. The van der Waals surface area contributed by atoms with Crippen molar-refractivity contribution in [3.8, 4) is 0 Å². The molecule has 19 heavy (non-hydrogen) atoms. The zero-order chi connectivity index (χ0) is 14.0. The molecule has 1 saturated heterocycles. The smallest absolute Gasteiger partial charge is 0.0862 e. The van der Waals surface area contributed by atoms with E-state index < -0.39 is 0 Å². The summed E-state index contributed by atoms with van der Waals surface area (Å²) >= 11 is 0. The molecule has 0 aliphatic carbocycles. The number of β-amino-alcohol motifs (C(OH)–C–C–N with tert-alkyl or cyclic N) is 1. The van der Waals surface area contributed by atoms with Crippen LogP contribution < -0.4 is 5.73 Å². The highest BCUT2D eigenvalue weighted by Crippen LogP contribution is 2.17. The Balaban J connectivity index is 1.90. The van der Waals surface area contributed by atoms with E-state index >= 15 is 0 Å². The molecular weight excluding hydrogens is 240 g/mol. The Morgan fingerprint density at radius 2 is 2.16 bits per heavy atom. The van der Waals surface area contributed by atoms with E-state index in [1.165, 1.54) is 12.8 Å². The minimum absolute atomic E-state index is 0.386. The molecule has 0 radical (unpaired) electrons. The van der Waals surface area contributed by atoms with Crippen LogP contribution in [-0.2, 0) is 6.54 Å². The van der Waals surface area contributed by atoms with Crippen LogP contribution in [0.3, 0.4) is 0 Å². The lowest BCUT2D eigenvalue weighted by Crippen LogP contribution is -2.40. The van der Waals surface area contributed by atoms with E-state index in [0.717, 1.165) is 42.6 Å². The molecule has 2 heterocycles. The first kappa shape index (κ1) is 14.3. The number of nitrogens with two attached hydrogens (primary N) is 1. The van der Waals surface area contributed by atoms with Gasteiger partial charge in [0.25, 0.3) is 0 Å². The van der Waals surface area contributed by atoms with Gasteiger partial charge in [0.15, 0.2) is 0 Å². The van der Waals surface area contributed by atoms with Gasteiger partial charge in [0, 0.05) is 13.1 Å². The third-order valence-electron chi connectivity index (χ3n) is 4.03. The Hall–Kier alpha value is -1.07. The van der Waals surface area contributed by atoms with E-state index in [0.29, 0.717) is 6.54 Å². The number of aromatic nitrogens is 2. The van der Waals surface area contributed by atoms with Crippen LogP contribution in [0, 0.1) is 19.8 Å². The van der Waals surface area contributed by atoms with Gasteiger partial charge >= 0.3 is 0 Å². The van der Waals surface area contributed by atoms with E-state index in [1.807, 2.05) is 18.5 Å². The first-order valence-electron chi connectivity index (χ1n) is 7.17. The summed E-state index contributed by atoms with van der Waals surface area (Å²) in [6.45, 7) is 9.57. The molecule has 5 nitrogen and oxygen atoms in total. The molecule has 1 aliphatic heterocycles. The zero-order valence-corrected chi connectivity index (χ0v) is 12.3. The van der Waals surface area contributed by atoms with Gasteiger partial charge in [0.1, 0.15) is 0 Å². The molecule has 3 N–H and O–H groups in total. The minimum Gasteiger partial charge on any atom is -0.396 e. The molecule has 0 bridgehead atoms. The van der Waals surface area contributed by atoms with Crippen LogP contribution in [0.5, 0.6) is 0 Å². The van der Waals surface area contributed by atoms with Gasteiger partial charge in [-0.3, -0.25) is 4.68 Å². The fourth-order valence-corrected chi connectivity index (χ4v) is 2.90. The number of nitrogen functional groups attached to an aromatic ring is 1. The van der Waals surface area contributed by atoms with Gasteiger partial charge in [-0.25, -0.2) is 0 Å². The Morgan fingerprint density at radius 1 is 1.42 bits per heavy atom. The lowest BCUT2D eigenvalue weighted by molar-refractivity contribution is 0.0739. The van der Waals surface area contributed by atoms with Gasteiger partial charge in [0.2, 0.25) is 0 Å². The van der Waals surface area contributed by atoms with Crippen molar-refractivity contribution in [1.29, 1.82) is 0 Å². The van der Waals surface area contributed by atoms with Crippen LogP contribution >= 0.6 is 0 Å². The van der Waals surface area contributed by atoms with E-state index in [-0.39, 0.29) is 6.10 Å². The first-order chi connectivity index (χ1) is 8.97. The number of likely N-dealkylation sites (tertiary alicyclic amines) is 1. The average Bonchev–Trinajstić information content (AvgIpc) is 2.57. The molecule has 0 spiro atoms. The van der Waals surface area contributed by atoms with Crippen LogP contribution in [0.2, 0.25) is 0 Å². The highest BCUT2D eigenvalue weighted by Gasteiger charge is 2.20. The van der Waals surface area contributed by atoms with Gasteiger partial charge < -0.3 is 15.7 Å². The molecule has 1 aromatic heterocycles. The van der Waals surface area contributed by atoms with E-state index in [9.17, 15) is 5.11 Å². The van der Waals surface area contributed by atoms with Crippen LogP contribution in [0.1, 0.15) is 31.2 Å². The van der Waals surface area contributed by atoms with Crippen molar-refractivity contribution in [3.05, 3.63) is 11.4 Å². The van der Waals surface area contributed by atoms with Crippen molar-refractivity contribution in [3.63, 3.8) is 0 Å². The number of aliphatic hydroxyl groups is 1. The summed E-state index contributed by atoms with van der Waals surface area (Å²) in [4.78, 5) is 2.36. The van der Waals surface area contributed by atoms with E-state index in [4.69, 9.17) is 5.73 Å². The molecule has 2 rings (SSSR count). The Morgan fingerprint density at radius 3 is 2.74 bits per heavy atom. The summed E-state index contributed by atoms with van der Waals surface area (Å²) < 4.78 is 1.82. The number of nitrogens with zero attached hydrogens (tertiary/aromatic N) is 3. The molecule has 1 aliphatic rings. The van der Waals surface area contributed by atoms with Crippen molar-refractivity contribution in [2.24, 2.45) is 5.92 Å². The van der Waals surface area contributed by atoms with Gasteiger partial charge in [-0.1, -0.05) is 6.92 Å². The summed E-state index contributed by atoms with van der Waals surface area (Å²) in [7, 11) is 0. The van der Waals surface area contributed by atoms with Crippen LogP contribution in [-0.4, -0.2) is 45.5 Å². The third-order valence-corrected chi connectivity index (χ3v) is 4.03. The van der Waals surface area contributed by atoms with Crippen LogP contribution in [0.15, 0.2) is 0 Å². The van der Waals surface area contributed by atoms with Gasteiger partial charge in [-0.15, -0.1) is 0 Å². The summed E-state index contributed by atoms with van der Waals surface area (Å²) in [6.07, 6.45) is 2.16. The minimum atomic E-state index is -0.386. The van der Waals surface area contributed by atoms with Crippen molar-refractivity contribution in [2.45, 2.75) is 46.3 Å². The molecule has 2 atom stereocenters. The van der Waals surface area contributed by atoms with Gasteiger partial charge in [-0.05, 0) is 39.2 Å². The predicted octanol–water partition coefficient (Wildman–Crippen LogP) is 1.17. The number of aryl methyl sites for hydroxylation is 1. The number of anilines is 1. The highest BCUT2D eigenvalue weighted by molar-refractivity contribution is 5.46. The predicted molar refractivity (Wildman–Crippen MR) is 77.0 cm³/mol. The standard InChI is InChI=1S/C14H26N4O/c1-10-5-4-6-17(7-10)8-13(19)9-18-12(3)14(15)11(2)16-18/h10,13,19H,4-9,15H2,1-3H3. The van der Waals surface area contributed by atoms with Crippen LogP contribution in [0.4, 0.5) is 5.69 Å². The fourth-order valence-electron chi connectivity index (χ4n) is 2.90. The third kappa shape index (κ3) is 3.48. The van der Waals surface area contributed by atoms with E-state index in [2.05, 4.69) is 16.9 Å². The Labute approximate surface area is 115 Å². The van der Waals surface area contributed by atoms with Crippen molar-refractivity contribution >= 4 is 5.69 Å². The summed E-state index contributed by atoms with van der Waals surface area (Å²) in [5, 5.41) is 14.6. The molecule has 1 aromatic rings. The number of piperidine rings is 1. The topological polar surface area (TPSA) is 67.3 Å². The zero-order valence-electron chi connectivity index (χ0n) is 12.3. The van der Waals surface area contributed by atoms with Crippen LogP contribution in [0.25, 0.3) is 0 Å². The second-order valence-electron chi connectivity index (χ2n) is 5.93. The maximum atomic E-state index is 10.2. The molecule has 0 aromatic carbocycles. The lowest BCUT2D eigenvalue weighted by Gasteiger charge is -2.32. The molecule has 1 fully saturated rings. The number of hydrogen-bond acceptors (Lipinski definition) is 4. The first-order valence-corrected chi connectivity index (χ1v) is 7.17. The molecule has 108 valence electrons. The monoisotopic (exact) mass is 266 g/mol. The SMILES string of the molecule is Cc1nn(CC(O)CN2CCCC(C)C2)c(C)c1N. The summed E-state index contributed by atoms with van der Waals surface area (Å²) in [5.41, 5.74) is 8.43. The molecule has 2 unspecified atom stereocenters. The second-order valence-corrected chi connectivity index (χ2v) is 5.93. The van der Waals surface area contributed by atoms with Crippen molar-refractivity contribution in [1.82, 2.24) is 14.7 Å². The molecule has 0 amide bonds. The second kappa shape index (κ2) is 5.92. The maximum absolute atomic E-state index is 10.2. The lowest BCUT2D eigenvalue weighted by atomic mass is 10.00. The van der Waals surface area contributed by atoms with E-state index in [1.54, 1.807) is 0 Å². The normalized spacial score (nSPS) is 22.6. The Bertz CT molecular complexity index is 429.